The van der Waals surface area contributed by atoms with Crippen LogP contribution in [-0.2, 0) is 0 Å². The Morgan fingerprint density at radius 3 is 3.00 bits per heavy atom. The third kappa shape index (κ3) is 2.26. The van der Waals surface area contributed by atoms with E-state index in [1.165, 1.54) is 0 Å². The Morgan fingerprint density at radius 2 is 2.29 bits per heavy atom. The van der Waals surface area contributed by atoms with Gasteiger partial charge in [-0.05, 0) is 18.6 Å². The summed E-state index contributed by atoms with van der Waals surface area (Å²) in [5.74, 6) is 0. The molecule has 0 fully saturated rings. The predicted molar refractivity (Wildman–Crippen MR) is 60.2 cm³/mol. The maximum atomic E-state index is 5.82. The van der Waals surface area contributed by atoms with E-state index in [2.05, 4.69) is 9.97 Å². The van der Waals surface area contributed by atoms with Crippen LogP contribution in [0.4, 0.5) is 0 Å². The van der Waals surface area contributed by atoms with Crippen molar-refractivity contribution >= 4 is 34.7 Å². The molecule has 0 amide bonds. The van der Waals surface area contributed by atoms with Gasteiger partial charge in [0.05, 0.1) is 0 Å². The largest absolute Gasteiger partial charge is 0.244 e. The number of pyridine rings is 1. The van der Waals surface area contributed by atoms with Crippen LogP contribution in [0.25, 0.3) is 0 Å². The average molecular weight is 243 g/mol. The first-order valence-electron chi connectivity index (χ1n) is 3.95. The standard InChI is InChI=1S/C9H7ClN2S2/c1-6-5-12-8(10)4-7(6)14-9-11-2-3-13-9/h2-5H,1H3. The lowest BCUT2D eigenvalue weighted by Crippen LogP contribution is -1.82. The van der Waals surface area contributed by atoms with E-state index in [0.29, 0.717) is 5.15 Å². The minimum absolute atomic E-state index is 0.523. The molecule has 0 spiro atoms. The van der Waals surface area contributed by atoms with Crippen LogP contribution in [0.1, 0.15) is 5.56 Å². The number of aromatic nitrogens is 2. The number of hydrogen-bond donors (Lipinski definition) is 0. The molecule has 2 aromatic heterocycles. The minimum Gasteiger partial charge on any atom is -0.244 e. The highest BCUT2D eigenvalue weighted by Gasteiger charge is 2.04. The molecule has 2 rings (SSSR count). The lowest BCUT2D eigenvalue weighted by Gasteiger charge is -2.02. The fraction of sp³-hybridized carbons (Fsp3) is 0.111. The third-order valence-corrected chi connectivity index (χ3v) is 3.88. The van der Waals surface area contributed by atoms with E-state index in [0.717, 1.165) is 14.8 Å². The SMILES string of the molecule is Cc1cnc(Cl)cc1Sc1nccs1. The number of thiazole rings is 1. The van der Waals surface area contributed by atoms with Crippen LogP contribution >= 0.6 is 34.7 Å². The summed E-state index contributed by atoms with van der Waals surface area (Å²) in [7, 11) is 0. The van der Waals surface area contributed by atoms with E-state index in [-0.39, 0.29) is 0 Å². The third-order valence-electron chi connectivity index (χ3n) is 1.63. The lowest BCUT2D eigenvalue weighted by molar-refractivity contribution is 1.17. The molecule has 0 atom stereocenters. The van der Waals surface area contributed by atoms with Crippen LogP contribution in [0.15, 0.2) is 33.1 Å². The fourth-order valence-electron chi connectivity index (χ4n) is 0.946. The van der Waals surface area contributed by atoms with Gasteiger partial charge in [0, 0.05) is 22.7 Å². The highest BCUT2D eigenvalue weighted by Crippen LogP contribution is 2.32. The van der Waals surface area contributed by atoms with Crippen molar-refractivity contribution < 1.29 is 0 Å². The molecular formula is C9H7ClN2S2. The molecular weight excluding hydrogens is 236 g/mol. The smallest absolute Gasteiger partial charge is 0.154 e. The molecule has 0 bridgehead atoms. The zero-order valence-corrected chi connectivity index (χ0v) is 9.79. The van der Waals surface area contributed by atoms with Gasteiger partial charge in [0.25, 0.3) is 0 Å². The van der Waals surface area contributed by atoms with Crippen molar-refractivity contribution in [3.8, 4) is 0 Å². The number of halogens is 1. The Labute approximate surface area is 95.4 Å². The van der Waals surface area contributed by atoms with Gasteiger partial charge in [-0.2, -0.15) is 0 Å². The van der Waals surface area contributed by atoms with E-state index in [9.17, 15) is 0 Å². The zero-order chi connectivity index (χ0) is 9.97. The molecule has 72 valence electrons. The minimum atomic E-state index is 0.523. The highest BCUT2D eigenvalue weighted by atomic mass is 35.5. The first-order valence-corrected chi connectivity index (χ1v) is 6.02. The summed E-state index contributed by atoms with van der Waals surface area (Å²) in [6.45, 7) is 2.01. The zero-order valence-electron chi connectivity index (χ0n) is 7.40. The van der Waals surface area contributed by atoms with Gasteiger partial charge in [-0.15, -0.1) is 11.3 Å². The topological polar surface area (TPSA) is 25.8 Å². The molecule has 0 aliphatic carbocycles. The van der Waals surface area contributed by atoms with Gasteiger partial charge in [-0.25, -0.2) is 9.97 Å². The number of nitrogens with zero attached hydrogens (tertiary/aromatic N) is 2. The summed E-state index contributed by atoms with van der Waals surface area (Å²) < 4.78 is 1.02. The van der Waals surface area contributed by atoms with Gasteiger partial charge in [0.1, 0.15) is 5.15 Å². The molecule has 5 heteroatoms. The highest BCUT2D eigenvalue weighted by molar-refractivity contribution is 8.01. The predicted octanol–water partition coefficient (Wildman–Crippen LogP) is 3.65. The summed E-state index contributed by atoms with van der Waals surface area (Å²) in [5.41, 5.74) is 1.12. The van der Waals surface area contributed by atoms with Crippen LogP contribution in [-0.4, -0.2) is 9.97 Å². The van der Waals surface area contributed by atoms with Crippen LogP contribution in [0, 0.1) is 6.92 Å². The van der Waals surface area contributed by atoms with Crippen LogP contribution < -0.4 is 0 Å². The molecule has 0 unspecified atom stereocenters. The summed E-state index contributed by atoms with van der Waals surface area (Å²) in [6, 6.07) is 1.86. The lowest BCUT2D eigenvalue weighted by atomic mass is 10.3. The number of hydrogen-bond acceptors (Lipinski definition) is 4. The van der Waals surface area contributed by atoms with E-state index >= 15 is 0 Å². The van der Waals surface area contributed by atoms with Crippen molar-refractivity contribution in [2.45, 2.75) is 16.2 Å². The number of aryl methyl sites for hydroxylation is 1. The Balaban J connectivity index is 2.28. The van der Waals surface area contributed by atoms with Crippen molar-refractivity contribution in [2.75, 3.05) is 0 Å². The summed E-state index contributed by atoms with van der Waals surface area (Å²) in [6.07, 6.45) is 3.57. The molecule has 0 aliphatic heterocycles. The van der Waals surface area contributed by atoms with E-state index in [1.54, 1.807) is 35.5 Å². The Hall–Kier alpha value is -0.580. The molecule has 14 heavy (non-hydrogen) atoms. The second kappa shape index (κ2) is 4.29. The summed E-state index contributed by atoms with van der Waals surface area (Å²) in [4.78, 5) is 9.32. The molecule has 2 nitrogen and oxygen atoms in total. The first-order chi connectivity index (χ1) is 6.75. The summed E-state index contributed by atoms with van der Waals surface area (Å²) >= 11 is 9.05. The molecule has 0 aromatic carbocycles. The van der Waals surface area contributed by atoms with E-state index < -0.39 is 0 Å². The number of rotatable bonds is 2. The van der Waals surface area contributed by atoms with Gasteiger partial charge in [0.15, 0.2) is 4.34 Å². The van der Waals surface area contributed by atoms with Crippen molar-refractivity contribution in [2.24, 2.45) is 0 Å². The molecule has 0 aliphatic rings. The van der Waals surface area contributed by atoms with Crippen molar-refractivity contribution in [1.29, 1.82) is 0 Å². The molecule has 0 radical (unpaired) electrons. The van der Waals surface area contributed by atoms with Crippen molar-refractivity contribution in [3.63, 3.8) is 0 Å². The Kier molecular flexibility index (Phi) is 3.05. The fourth-order valence-corrected chi connectivity index (χ4v) is 2.84. The van der Waals surface area contributed by atoms with Gasteiger partial charge < -0.3 is 0 Å². The average Bonchev–Trinajstić information content (AvgIpc) is 2.64. The molecule has 0 saturated carbocycles. The van der Waals surface area contributed by atoms with Crippen LogP contribution in [0.3, 0.4) is 0 Å². The first kappa shape index (κ1) is 9.96. The maximum Gasteiger partial charge on any atom is 0.154 e. The monoisotopic (exact) mass is 242 g/mol. The molecule has 2 heterocycles. The van der Waals surface area contributed by atoms with Crippen LogP contribution in [0.2, 0.25) is 5.15 Å². The molecule has 0 saturated heterocycles. The molecule has 2 aromatic rings. The van der Waals surface area contributed by atoms with Crippen LogP contribution in [0.5, 0.6) is 0 Å². The summed E-state index contributed by atoms with van der Waals surface area (Å²) in [5, 5.41) is 2.48. The van der Waals surface area contributed by atoms with E-state index in [1.807, 2.05) is 18.4 Å². The van der Waals surface area contributed by atoms with E-state index in [4.69, 9.17) is 11.6 Å². The Bertz CT molecular complexity index is 428. The normalized spacial score (nSPS) is 10.4. The maximum absolute atomic E-state index is 5.82. The van der Waals surface area contributed by atoms with Crippen molar-refractivity contribution in [3.05, 3.63) is 34.6 Å². The van der Waals surface area contributed by atoms with Crippen molar-refractivity contribution in [1.82, 2.24) is 9.97 Å². The molecule has 0 N–H and O–H groups in total. The van der Waals surface area contributed by atoms with Gasteiger partial charge >= 0.3 is 0 Å². The second-order valence-electron chi connectivity index (χ2n) is 2.67. The quantitative estimate of drug-likeness (QED) is 0.752. The Morgan fingerprint density at radius 1 is 1.43 bits per heavy atom. The second-order valence-corrected chi connectivity index (χ2v) is 5.24. The van der Waals surface area contributed by atoms with Gasteiger partial charge in [-0.3, -0.25) is 0 Å². The van der Waals surface area contributed by atoms with Gasteiger partial charge in [0.2, 0.25) is 0 Å². The van der Waals surface area contributed by atoms with Gasteiger partial charge in [-0.1, -0.05) is 23.4 Å².